The van der Waals surface area contributed by atoms with Gasteiger partial charge in [0.05, 0.1) is 0 Å². The number of hydrogen-bond donors (Lipinski definition) is 0. The Labute approximate surface area is 104 Å². The van der Waals surface area contributed by atoms with Gasteiger partial charge in [-0.3, -0.25) is 9.59 Å². The predicted octanol–water partition coefficient (Wildman–Crippen LogP) is 2.39. The fourth-order valence-electron chi connectivity index (χ4n) is 3.95. The fraction of sp³-hybridized carbons (Fsp3) is 0.857. The predicted molar refractivity (Wildman–Crippen MR) is 66.5 cm³/mol. The molecule has 0 atom stereocenters. The minimum atomic E-state index is -0.247. The first-order valence-corrected chi connectivity index (χ1v) is 6.54. The zero-order valence-electron chi connectivity index (χ0n) is 11.4. The number of ketones is 1. The maximum atomic E-state index is 11.8. The van der Waals surface area contributed by atoms with E-state index in [9.17, 15) is 9.59 Å². The summed E-state index contributed by atoms with van der Waals surface area (Å²) in [6, 6.07) is 0.257. The molecule has 0 bridgehead atoms. The van der Waals surface area contributed by atoms with E-state index in [0.717, 1.165) is 12.8 Å². The largest absolute Gasteiger partial charge is 0.333 e. The Morgan fingerprint density at radius 1 is 1.06 bits per heavy atom. The van der Waals surface area contributed by atoms with Crippen LogP contribution >= 0.6 is 0 Å². The Balaban J connectivity index is 2.16. The molecule has 0 aromatic heterocycles. The van der Waals surface area contributed by atoms with Gasteiger partial charge in [-0.1, -0.05) is 27.7 Å². The van der Waals surface area contributed by atoms with Crippen LogP contribution < -0.4 is 0 Å². The number of likely N-dealkylation sites (tertiary alicyclic amines) is 1. The third-order valence-corrected chi connectivity index (χ3v) is 4.05. The van der Waals surface area contributed by atoms with Gasteiger partial charge in [0.25, 0.3) is 5.91 Å². The molecular weight excluding hydrogens is 214 g/mol. The van der Waals surface area contributed by atoms with Crippen LogP contribution in [0, 0.1) is 10.8 Å². The van der Waals surface area contributed by atoms with Crippen LogP contribution in [0.3, 0.4) is 0 Å². The Kier molecular flexibility index (Phi) is 2.83. The quantitative estimate of drug-likeness (QED) is 0.657. The van der Waals surface area contributed by atoms with Crippen molar-refractivity contribution in [3.8, 4) is 0 Å². The average Bonchev–Trinajstić information content (AvgIpc) is 2.42. The number of Topliss-reactive ketones (excluding diaryl/α,β-unsaturated/α-hetero) is 1. The molecule has 2 fully saturated rings. The molecule has 1 aliphatic heterocycles. The molecule has 0 aromatic carbocycles. The lowest BCUT2D eigenvalue weighted by Crippen LogP contribution is -2.47. The summed E-state index contributed by atoms with van der Waals surface area (Å²) in [5.74, 6) is -0.449. The molecule has 0 N–H and O–H groups in total. The van der Waals surface area contributed by atoms with Gasteiger partial charge in [-0.25, -0.2) is 0 Å². The topological polar surface area (TPSA) is 37.4 Å². The minimum Gasteiger partial charge on any atom is -0.333 e. The first-order valence-electron chi connectivity index (χ1n) is 6.54. The summed E-state index contributed by atoms with van der Waals surface area (Å²) in [6.07, 6.45) is 3.65. The zero-order valence-corrected chi connectivity index (χ0v) is 11.4. The summed E-state index contributed by atoms with van der Waals surface area (Å²) in [5, 5.41) is 0. The molecular formula is C14H23NO2. The molecule has 96 valence electrons. The molecule has 0 spiro atoms. The second-order valence-corrected chi connectivity index (χ2v) is 7.24. The van der Waals surface area contributed by atoms with E-state index in [4.69, 9.17) is 0 Å². The van der Waals surface area contributed by atoms with Gasteiger partial charge in [-0.05, 0) is 30.1 Å². The van der Waals surface area contributed by atoms with Crippen molar-refractivity contribution in [1.29, 1.82) is 0 Å². The first kappa shape index (κ1) is 12.6. The first-order chi connectivity index (χ1) is 7.70. The van der Waals surface area contributed by atoms with E-state index in [2.05, 4.69) is 27.7 Å². The standard InChI is InChI=1S/C14H23NO2/c1-13(2)7-10(8-14(3,4)9-13)15-6-5-11(16)12(15)17/h10H,5-9H2,1-4H3. The molecule has 2 rings (SSSR count). The molecule has 1 amide bonds. The van der Waals surface area contributed by atoms with Crippen molar-refractivity contribution in [3.05, 3.63) is 0 Å². The van der Waals surface area contributed by atoms with E-state index in [-0.39, 0.29) is 28.6 Å². The summed E-state index contributed by atoms with van der Waals surface area (Å²) in [6.45, 7) is 9.70. The second kappa shape index (κ2) is 3.82. The SMILES string of the molecule is CC1(C)CC(N2CCC(=O)C2=O)CC(C)(C)C1. The summed E-state index contributed by atoms with van der Waals surface area (Å²) in [7, 11) is 0. The number of nitrogens with zero attached hydrogens (tertiary/aromatic N) is 1. The summed E-state index contributed by atoms with van der Waals surface area (Å²) >= 11 is 0. The zero-order chi connectivity index (χ0) is 12.8. The van der Waals surface area contributed by atoms with Crippen molar-refractivity contribution in [3.63, 3.8) is 0 Å². The highest BCUT2D eigenvalue weighted by molar-refractivity contribution is 6.37. The average molecular weight is 237 g/mol. The monoisotopic (exact) mass is 237 g/mol. The van der Waals surface area contributed by atoms with Gasteiger partial charge < -0.3 is 4.90 Å². The van der Waals surface area contributed by atoms with Crippen molar-refractivity contribution < 1.29 is 9.59 Å². The van der Waals surface area contributed by atoms with Crippen LogP contribution in [0.2, 0.25) is 0 Å². The molecule has 1 saturated carbocycles. The molecule has 0 radical (unpaired) electrons. The smallest absolute Gasteiger partial charge is 0.290 e. The number of carbonyl (C=O) groups is 2. The van der Waals surface area contributed by atoms with Crippen molar-refractivity contribution in [2.45, 2.75) is 59.4 Å². The molecule has 1 aliphatic carbocycles. The lowest BCUT2D eigenvalue weighted by Gasteiger charge is -2.47. The molecule has 0 aromatic rings. The highest BCUT2D eigenvalue weighted by atomic mass is 16.2. The third-order valence-electron chi connectivity index (χ3n) is 4.05. The Hall–Kier alpha value is -0.860. The van der Waals surface area contributed by atoms with Crippen molar-refractivity contribution in [2.75, 3.05) is 6.54 Å². The van der Waals surface area contributed by atoms with Gasteiger partial charge in [-0.15, -0.1) is 0 Å². The molecule has 0 unspecified atom stereocenters. The molecule has 1 saturated heterocycles. The van der Waals surface area contributed by atoms with Gasteiger partial charge in [-0.2, -0.15) is 0 Å². The highest BCUT2D eigenvalue weighted by Crippen LogP contribution is 2.47. The molecule has 17 heavy (non-hydrogen) atoms. The summed E-state index contributed by atoms with van der Waals surface area (Å²) < 4.78 is 0. The third kappa shape index (κ3) is 2.53. The van der Waals surface area contributed by atoms with Crippen LogP contribution in [0.4, 0.5) is 0 Å². The molecule has 1 heterocycles. The van der Waals surface area contributed by atoms with Gasteiger partial charge in [0.15, 0.2) is 0 Å². The Bertz CT molecular complexity index is 341. The van der Waals surface area contributed by atoms with E-state index in [1.54, 1.807) is 0 Å². The molecule has 2 aliphatic rings. The van der Waals surface area contributed by atoms with E-state index in [0.29, 0.717) is 13.0 Å². The van der Waals surface area contributed by atoms with Crippen molar-refractivity contribution >= 4 is 11.7 Å². The van der Waals surface area contributed by atoms with E-state index >= 15 is 0 Å². The van der Waals surface area contributed by atoms with Crippen LogP contribution in [0.15, 0.2) is 0 Å². The van der Waals surface area contributed by atoms with E-state index in [1.807, 2.05) is 4.90 Å². The number of rotatable bonds is 1. The number of hydrogen-bond acceptors (Lipinski definition) is 2. The van der Waals surface area contributed by atoms with Crippen molar-refractivity contribution in [1.82, 2.24) is 4.90 Å². The van der Waals surface area contributed by atoms with Crippen LogP contribution in [-0.2, 0) is 9.59 Å². The normalized spacial score (nSPS) is 28.8. The van der Waals surface area contributed by atoms with Gasteiger partial charge in [0.2, 0.25) is 5.78 Å². The van der Waals surface area contributed by atoms with Crippen LogP contribution in [0.1, 0.15) is 53.4 Å². The summed E-state index contributed by atoms with van der Waals surface area (Å²) in [4.78, 5) is 25.0. The molecule has 3 heteroatoms. The van der Waals surface area contributed by atoms with Gasteiger partial charge >= 0.3 is 0 Å². The lowest BCUT2D eigenvalue weighted by molar-refractivity contribution is -0.142. The number of amides is 1. The Morgan fingerprint density at radius 3 is 2.00 bits per heavy atom. The highest BCUT2D eigenvalue weighted by Gasteiger charge is 2.44. The van der Waals surface area contributed by atoms with Gasteiger partial charge in [0.1, 0.15) is 0 Å². The second-order valence-electron chi connectivity index (χ2n) is 7.24. The number of carbonyl (C=O) groups excluding carboxylic acids is 2. The summed E-state index contributed by atoms with van der Waals surface area (Å²) in [5.41, 5.74) is 0.524. The lowest BCUT2D eigenvalue weighted by atomic mass is 9.63. The van der Waals surface area contributed by atoms with Crippen LogP contribution in [0.25, 0.3) is 0 Å². The van der Waals surface area contributed by atoms with Crippen LogP contribution in [0.5, 0.6) is 0 Å². The maximum Gasteiger partial charge on any atom is 0.290 e. The molecule has 3 nitrogen and oxygen atoms in total. The Morgan fingerprint density at radius 2 is 1.59 bits per heavy atom. The maximum absolute atomic E-state index is 11.8. The van der Waals surface area contributed by atoms with Crippen LogP contribution in [-0.4, -0.2) is 29.2 Å². The van der Waals surface area contributed by atoms with Gasteiger partial charge in [0, 0.05) is 19.0 Å². The van der Waals surface area contributed by atoms with Crippen molar-refractivity contribution in [2.24, 2.45) is 10.8 Å². The van der Waals surface area contributed by atoms with E-state index in [1.165, 1.54) is 6.42 Å². The fourth-order valence-corrected chi connectivity index (χ4v) is 3.95. The van der Waals surface area contributed by atoms with E-state index < -0.39 is 0 Å². The minimum absolute atomic E-state index is 0.203.